The van der Waals surface area contributed by atoms with Crippen LogP contribution in [0, 0.1) is 5.92 Å². The van der Waals surface area contributed by atoms with Crippen LogP contribution in [0.15, 0.2) is 0 Å². The Hall–Kier alpha value is -0.120. The maximum atomic E-state index is 3.60. The first-order chi connectivity index (χ1) is 8.46. The van der Waals surface area contributed by atoms with Gasteiger partial charge in [-0.1, -0.05) is 0 Å². The maximum Gasteiger partial charge on any atom is 0.0145 e. The minimum absolute atomic E-state index is 0.253. The first kappa shape index (κ1) is 14.3. The van der Waals surface area contributed by atoms with E-state index in [0.717, 1.165) is 18.5 Å². The molecule has 0 saturated carbocycles. The Morgan fingerprint density at radius 1 is 1.17 bits per heavy atom. The monoisotopic (exact) mass is 253 g/mol. The number of hydrogen-bond donors (Lipinski definition) is 1. The molecule has 2 aliphatic heterocycles. The second-order valence-corrected chi connectivity index (χ2v) is 7.22. The molecule has 3 heteroatoms. The van der Waals surface area contributed by atoms with Crippen molar-refractivity contribution in [1.29, 1.82) is 0 Å². The molecule has 0 aromatic heterocycles. The van der Waals surface area contributed by atoms with Crippen molar-refractivity contribution in [2.75, 3.05) is 39.8 Å². The van der Waals surface area contributed by atoms with Crippen molar-refractivity contribution in [1.82, 2.24) is 15.1 Å². The second-order valence-electron chi connectivity index (χ2n) is 7.22. The van der Waals surface area contributed by atoms with E-state index in [1.807, 2.05) is 0 Å². The molecule has 2 heterocycles. The zero-order chi connectivity index (χ0) is 13.2. The van der Waals surface area contributed by atoms with Crippen LogP contribution in [0.2, 0.25) is 0 Å². The fourth-order valence-corrected chi connectivity index (χ4v) is 3.52. The Morgan fingerprint density at radius 3 is 2.67 bits per heavy atom. The van der Waals surface area contributed by atoms with Gasteiger partial charge in [0.1, 0.15) is 0 Å². The minimum atomic E-state index is 0.253. The molecular weight excluding hydrogens is 222 g/mol. The van der Waals surface area contributed by atoms with Gasteiger partial charge in [-0.2, -0.15) is 0 Å². The van der Waals surface area contributed by atoms with Crippen LogP contribution < -0.4 is 5.32 Å². The third-order valence-corrected chi connectivity index (χ3v) is 4.51. The largest absolute Gasteiger partial charge is 0.311 e. The lowest BCUT2D eigenvalue weighted by Crippen LogP contribution is -2.53. The van der Waals surface area contributed by atoms with Crippen molar-refractivity contribution in [3.8, 4) is 0 Å². The highest BCUT2D eigenvalue weighted by molar-refractivity contribution is 4.89. The van der Waals surface area contributed by atoms with Crippen LogP contribution in [-0.2, 0) is 0 Å². The van der Waals surface area contributed by atoms with Crippen LogP contribution in [0.5, 0.6) is 0 Å². The van der Waals surface area contributed by atoms with E-state index in [2.05, 4.69) is 42.9 Å². The van der Waals surface area contributed by atoms with Crippen molar-refractivity contribution in [3.63, 3.8) is 0 Å². The summed E-state index contributed by atoms with van der Waals surface area (Å²) in [4.78, 5) is 5.26. The summed E-state index contributed by atoms with van der Waals surface area (Å²) in [5, 5.41) is 3.60. The second kappa shape index (κ2) is 5.89. The summed E-state index contributed by atoms with van der Waals surface area (Å²) >= 11 is 0. The van der Waals surface area contributed by atoms with Crippen molar-refractivity contribution in [2.45, 2.75) is 51.6 Å². The summed E-state index contributed by atoms with van der Waals surface area (Å²) in [7, 11) is 2.31. The quantitative estimate of drug-likeness (QED) is 0.827. The van der Waals surface area contributed by atoms with Gasteiger partial charge in [-0.05, 0) is 66.1 Å². The highest BCUT2D eigenvalue weighted by atomic mass is 15.2. The summed E-state index contributed by atoms with van der Waals surface area (Å²) in [6.45, 7) is 13.0. The highest BCUT2D eigenvalue weighted by Crippen LogP contribution is 2.29. The van der Waals surface area contributed by atoms with Gasteiger partial charge in [0.05, 0.1) is 0 Å². The number of piperidine rings is 2. The van der Waals surface area contributed by atoms with Crippen LogP contribution in [0.4, 0.5) is 0 Å². The van der Waals surface area contributed by atoms with E-state index in [0.29, 0.717) is 0 Å². The van der Waals surface area contributed by atoms with Gasteiger partial charge in [-0.3, -0.25) is 0 Å². The molecule has 106 valence electrons. The standard InChI is InChI=1S/C15H31N3/c1-15(2,3)16-8-11-18-10-7-14-13(12-18)6-5-9-17(14)4/h13-14,16H,5-12H2,1-4H3. The molecule has 18 heavy (non-hydrogen) atoms. The SMILES string of the molecule is CN1CCCC2CN(CCNC(C)(C)C)CCC21. The molecule has 0 aliphatic carbocycles. The summed E-state index contributed by atoms with van der Waals surface area (Å²) in [6, 6.07) is 0.866. The molecule has 3 nitrogen and oxygen atoms in total. The predicted octanol–water partition coefficient (Wildman–Crippen LogP) is 1.79. The summed E-state index contributed by atoms with van der Waals surface area (Å²) < 4.78 is 0. The number of hydrogen-bond acceptors (Lipinski definition) is 3. The average Bonchev–Trinajstić information content (AvgIpc) is 2.27. The lowest BCUT2D eigenvalue weighted by atomic mass is 9.84. The number of nitrogens with one attached hydrogen (secondary N) is 1. The van der Waals surface area contributed by atoms with Crippen LogP contribution >= 0.6 is 0 Å². The molecule has 2 aliphatic rings. The molecular formula is C15H31N3. The number of fused-ring (bicyclic) bond motifs is 1. The smallest absolute Gasteiger partial charge is 0.0145 e. The van der Waals surface area contributed by atoms with Gasteiger partial charge in [0.15, 0.2) is 0 Å². The molecule has 2 atom stereocenters. The number of likely N-dealkylation sites (tertiary alicyclic amines) is 2. The van der Waals surface area contributed by atoms with Gasteiger partial charge < -0.3 is 15.1 Å². The maximum absolute atomic E-state index is 3.60. The van der Waals surface area contributed by atoms with E-state index < -0.39 is 0 Å². The zero-order valence-electron chi connectivity index (χ0n) is 12.7. The van der Waals surface area contributed by atoms with Gasteiger partial charge in [0.2, 0.25) is 0 Å². The van der Waals surface area contributed by atoms with Gasteiger partial charge in [-0.15, -0.1) is 0 Å². The molecule has 0 spiro atoms. The Bertz CT molecular complexity index is 259. The van der Waals surface area contributed by atoms with Crippen LogP contribution in [-0.4, -0.2) is 61.2 Å². The molecule has 0 aromatic rings. The van der Waals surface area contributed by atoms with E-state index >= 15 is 0 Å². The fraction of sp³-hybridized carbons (Fsp3) is 1.00. The molecule has 2 saturated heterocycles. The molecule has 0 amide bonds. The van der Waals surface area contributed by atoms with Crippen molar-refractivity contribution in [2.24, 2.45) is 5.92 Å². The summed E-state index contributed by atoms with van der Waals surface area (Å²) in [5.74, 6) is 0.923. The Labute approximate surface area is 113 Å². The third-order valence-electron chi connectivity index (χ3n) is 4.51. The first-order valence-electron chi connectivity index (χ1n) is 7.63. The lowest BCUT2D eigenvalue weighted by Gasteiger charge is -2.46. The van der Waals surface area contributed by atoms with Crippen molar-refractivity contribution >= 4 is 0 Å². The van der Waals surface area contributed by atoms with Gasteiger partial charge in [-0.25, -0.2) is 0 Å². The normalized spacial score (nSPS) is 31.3. The average molecular weight is 253 g/mol. The summed E-state index contributed by atoms with van der Waals surface area (Å²) in [6.07, 6.45) is 4.21. The van der Waals surface area contributed by atoms with Gasteiger partial charge >= 0.3 is 0 Å². The summed E-state index contributed by atoms with van der Waals surface area (Å²) in [5.41, 5.74) is 0.253. The number of nitrogens with zero attached hydrogens (tertiary/aromatic N) is 2. The van der Waals surface area contributed by atoms with E-state index in [-0.39, 0.29) is 5.54 Å². The van der Waals surface area contributed by atoms with Crippen molar-refractivity contribution in [3.05, 3.63) is 0 Å². The molecule has 2 fully saturated rings. The third kappa shape index (κ3) is 3.94. The van der Waals surface area contributed by atoms with Gasteiger partial charge in [0.25, 0.3) is 0 Å². The van der Waals surface area contributed by atoms with E-state index in [4.69, 9.17) is 0 Å². The van der Waals surface area contributed by atoms with Crippen molar-refractivity contribution < 1.29 is 0 Å². The highest BCUT2D eigenvalue weighted by Gasteiger charge is 2.33. The Morgan fingerprint density at radius 2 is 1.94 bits per heavy atom. The van der Waals surface area contributed by atoms with Crippen LogP contribution in [0.25, 0.3) is 0 Å². The fourth-order valence-electron chi connectivity index (χ4n) is 3.52. The number of rotatable bonds is 3. The Balaban J connectivity index is 1.73. The van der Waals surface area contributed by atoms with E-state index in [1.54, 1.807) is 0 Å². The minimum Gasteiger partial charge on any atom is -0.311 e. The van der Waals surface area contributed by atoms with Gasteiger partial charge in [0, 0.05) is 31.2 Å². The molecule has 0 bridgehead atoms. The topological polar surface area (TPSA) is 18.5 Å². The Kier molecular flexibility index (Phi) is 4.68. The molecule has 0 aromatic carbocycles. The zero-order valence-corrected chi connectivity index (χ0v) is 12.7. The van der Waals surface area contributed by atoms with Crippen LogP contribution in [0.3, 0.4) is 0 Å². The van der Waals surface area contributed by atoms with E-state index in [9.17, 15) is 0 Å². The molecule has 2 rings (SSSR count). The van der Waals surface area contributed by atoms with E-state index in [1.165, 1.54) is 45.4 Å². The molecule has 0 radical (unpaired) electrons. The predicted molar refractivity (Wildman–Crippen MR) is 78.0 cm³/mol. The molecule has 2 unspecified atom stereocenters. The first-order valence-corrected chi connectivity index (χ1v) is 7.63. The lowest BCUT2D eigenvalue weighted by molar-refractivity contribution is 0.0385. The molecule has 1 N–H and O–H groups in total. The van der Waals surface area contributed by atoms with Crippen LogP contribution in [0.1, 0.15) is 40.0 Å².